The summed E-state index contributed by atoms with van der Waals surface area (Å²) in [6.07, 6.45) is -0.335. The summed E-state index contributed by atoms with van der Waals surface area (Å²) in [5.74, 6) is -1.18. The van der Waals surface area contributed by atoms with Crippen LogP contribution in [-0.4, -0.2) is 0 Å². The van der Waals surface area contributed by atoms with E-state index in [1.807, 2.05) is 24.3 Å². The van der Waals surface area contributed by atoms with Crippen LogP contribution in [0.5, 0.6) is 0 Å². The number of hydrogen-bond donors (Lipinski definition) is 0. The summed E-state index contributed by atoms with van der Waals surface area (Å²) in [7, 11) is 0. The second-order valence-electron chi connectivity index (χ2n) is 8.83. The average Bonchev–Trinajstić information content (AvgIpc) is 2.88. The highest BCUT2D eigenvalue weighted by molar-refractivity contribution is 5.70. The number of allylic oxidation sites excluding steroid dienone is 1. The van der Waals surface area contributed by atoms with Crippen molar-refractivity contribution in [2.24, 2.45) is 0 Å². The molecule has 0 spiro atoms. The van der Waals surface area contributed by atoms with E-state index in [4.69, 9.17) is 0 Å². The number of hydrogen-bond acceptors (Lipinski definition) is 0. The zero-order chi connectivity index (χ0) is 25.7. The SMILES string of the molecule is C/C=C/c1ccc(CCc2ccc(-c3ccc(-c4ccc(CC)cc4)cc3)cc2)c(F)c1C(F)(F)F. The molecule has 0 nitrogen and oxygen atoms in total. The summed E-state index contributed by atoms with van der Waals surface area (Å²) in [5.41, 5.74) is 5.43. The van der Waals surface area contributed by atoms with Crippen molar-refractivity contribution in [3.63, 3.8) is 0 Å². The van der Waals surface area contributed by atoms with Crippen LogP contribution in [0.4, 0.5) is 17.6 Å². The van der Waals surface area contributed by atoms with Crippen LogP contribution in [0.25, 0.3) is 28.3 Å². The maximum absolute atomic E-state index is 14.8. The summed E-state index contributed by atoms with van der Waals surface area (Å²) in [6.45, 7) is 3.74. The lowest BCUT2D eigenvalue weighted by Gasteiger charge is -2.15. The molecule has 4 rings (SSSR count). The lowest BCUT2D eigenvalue weighted by molar-refractivity contribution is -0.140. The van der Waals surface area contributed by atoms with Gasteiger partial charge in [-0.05, 0) is 70.7 Å². The summed E-state index contributed by atoms with van der Waals surface area (Å²) in [4.78, 5) is 0. The number of benzene rings is 4. The molecule has 0 atom stereocenters. The maximum Gasteiger partial charge on any atom is 0.419 e. The molecule has 0 bridgehead atoms. The molecule has 4 aromatic carbocycles. The Morgan fingerprint density at radius 2 is 1.11 bits per heavy atom. The standard InChI is InChI=1S/C32H28F4/c1-3-5-28-20-21-29(31(33)30(28)32(34,35)36)15-10-23-8-13-25(14-9-23)27-18-16-26(17-19-27)24-11-6-22(4-2)7-12-24/h3,5-9,11-14,16-21H,4,10,15H2,1-2H3/b5-3+. The van der Waals surface area contributed by atoms with E-state index in [-0.39, 0.29) is 17.5 Å². The fourth-order valence-electron chi connectivity index (χ4n) is 4.36. The summed E-state index contributed by atoms with van der Waals surface area (Å²) in [5, 5.41) is 0. The summed E-state index contributed by atoms with van der Waals surface area (Å²) in [6, 6.07) is 27.6. The molecule has 0 N–H and O–H groups in total. The van der Waals surface area contributed by atoms with Crippen molar-refractivity contribution in [1.29, 1.82) is 0 Å². The first-order valence-electron chi connectivity index (χ1n) is 12.1. The molecule has 4 heteroatoms. The van der Waals surface area contributed by atoms with E-state index in [9.17, 15) is 17.6 Å². The van der Waals surface area contributed by atoms with Gasteiger partial charge in [-0.25, -0.2) is 4.39 Å². The van der Waals surface area contributed by atoms with Gasteiger partial charge < -0.3 is 0 Å². The zero-order valence-corrected chi connectivity index (χ0v) is 20.4. The third kappa shape index (κ3) is 5.76. The third-order valence-electron chi connectivity index (χ3n) is 6.43. The molecule has 0 aliphatic carbocycles. The van der Waals surface area contributed by atoms with Gasteiger partial charge in [0, 0.05) is 0 Å². The Hall–Kier alpha value is -3.66. The lowest BCUT2D eigenvalue weighted by Crippen LogP contribution is -2.13. The molecule has 0 aliphatic heterocycles. The summed E-state index contributed by atoms with van der Waals surface area (Å²) < 4.78 is 55.2. The van der Waals surface area contributed by atoms with E-state index in [1.54, 1.807) is 6.92 Å². The van der Waals surface area contributed by atoms with Crippen LogP contribution in [0.15, 0.2) is 91.0 Å². The van der Waals surface area contributed by atoms with Gasteiger partial charge in [0.05, 0.1) is 5.56 Å². The van der Waals surface area contributed by atoms with Crippen molar-refractivity contribution >= 4 is 6.08 Å². The Bertz CT molecular complexity index is 1330. The van der Waals surface area contributed by atoms with Crippen LogP contribution >= 0.6 is 0 Å². The van der Waals surface area contributed by atoms with Gasteiger partial charge >= 0.3 is 6.18 Å². The second kappa shape index (κ2) is 10.9. The Morgan fingerprint density at radius 1 is 0.639 bits per heavy atom. The van der Waals surface area contributed by atoms with Crippen LogP contribution in [0.3, 0.4) is 0 Å². The molecule has 0 unspecified atom stereocenters. The highest BCUT2D eigenvalue weighted by Crippen LogP contribution is 2.36. The van der Waals surface area contributed by atoms with Gasteiger partial charge in [0.25, 0.3) is 0 Å². The first-order valence-corrected chi connectivity index (χ1v) is 12.1. The molecule has 0 fully saturated rings. The second-order valence-corrected chi connectivity index (χ2v) is 8.83. The smallest absolute Gasteiger partial charge is 0.206 e. The molecule has 0 aliphatic rings. The molecular weight excluding hydrogens is 460 g/mol. The van der Waals surface area contributed by atoms with Crippen LogP contribution in [0, 0.1) is 5.82 Å². The molecule has 36 heavy (non-hydrogen) atoms. The van der Waals surface area contributed by atoms with E-state index in [1.165, 1.54) is 35.4 Å². The van der Waals surface area contributed by atoms with Gasteiger partial charge in [0.1, 0.15) is 5.82 Å². The van der Waals surface area contributed by atoms with E-state index in [2.05, 4.69) is 55.5 Å². The molecule has 0 saturated heterocycles. The first-order chi connectivity index (χ1) is 17.3. The Balaban J connectivity index is 1.46. The maximum atomic E-state index is 14.8. The molecule has 0 aromatic heterocycles. The molecule has 0 radical (unpaired) electrons. The van der Waals surface area contributed by atoms with Crippen molar-refractivity contribution in [2.45, 2.75) is 39.3 Å². The quantitative estimate of drug-likeness (QED) is 0.227. The fourth-order valence-corrected chi connectivity index (χ4v) is 4.36. The molecule has 184 valence electrons. The van der Waals surface area contributed by atoms with E-state index in [0.717, 1.165) is 28.7 Å². The summed E-state index contributed by atoms with van der Waals surface area (Å²) >= 11 is 0. The molecule has 0 amide bonds. The number of aryl methyl sites for hydroxylation is 3. The highest BCUT2D eigenvalue weighted by Gasteiger charge is 2.37. The van der Waals surface area contributed by atoms with Gasteiger partial charge in [0.15, 0.2) is 0 Å². The molecule has 4 aromatic rings. The van der Waals surface area contributed by atoms with Gasteiger partial charge in [0.2, 0.25) is 0 Å². The van der Waals surface area contributed by atoms with Gasteiger partial charge in [-0.3, -0.25) is 0 Å². The molecule has 0 heterocycles. The van der Waals surface area contributed by atoms with Crippen molar-refractivity contribution < 1.29 is 17.6 Å². The van der Waals surface area contributed by atoms with Gasteiger partial charge in [-0.15, -0.1) is 0 Å². The Morgan fingerprint density at radius 3 is 1.56 bits per heavy atom. The van der Waals surface area contributed by atoms with Crippen molar-refractivity contribution in [3.8, 4) is 22.3 Å². The Kier molecular flexibility index (Phi) is 7.73. The van der Waals surface area contributed by atoms with Gasteiger partial charge in [-0.1, -0.05) is 104 Å². The van der Waals surface area contributed by atoms with E-state index in [0.29, 0.717) is 6.42 Å². The first kappa shape index (κ1) is 25.4. The minimum absolute atomic E-state index is 0.0715. The largest absolute Gasteiger partial charge is 0.419 e. The van der Waals surface area contributed by atoms with Crippen LogP contribution in [0.2, 0.25) is 0 Å². The Labute approximate surface area is 209 Å². The van der Waals surface area contributed by atoms with Crippen LogP contribution in [0.1, 0.15) is 41.7 Å². The van der Waals surface area contributed by atoms with Crippen molar-refractivity contribution in [3.05, 3.63) is 125 Å². The van der Waals surface area contributed by atoms with E-state index >= 15 is 0 Å². The number of halogens is 4. The van der Waals surface area contributed by atoms with Crippen molar-refractivity contribution in [1.82, 2.24) is 0 Å². The zero-order valence-electron chi connectivity index (χ0n) is 20.4. The molecule has 0 saturated carbocycles. The van der Waals surface area contributed by atoms with Crippen molar-refractivity contribution in [2.75, 3.05) is 0 Å². The predicted octanol–water partition coefficient (Wildman–Crippen LogP) is 9.56. The topological polar surface area (TPSA) is 0 Å². The highest BCUT2D eigenvalue weighted by atomic mass is 19.4. The third-order valence-corrected chi connectivity index (χ3v) is 6.43. The fraction of sp³-hybridized carbons (Fsp3) is 0.188. The lowest BCUT2D eigenvalue weighted by atomic mass is 9.96. The number of rotatable bonds is 7. The van der Waals surface area contributed by atoms with Gasteiger partial charge in [-0.2, -0.15) is 13.2 Å². The van der Waals surface area contributed by atoms with Crippen LogP contribution < -0.4 is 0 Å². The minimum atomic E-state index is -4.74. The average molecular weight is 489 g/mol. The van der Waals surface area contributed by atoms with E-state index < -0.39 is 17.6 Å². The minimum Gasteiger partial charge on any atom is -0.206 e. The number of alkyl halides is 3. The molecular formula is C32H28F4. The normalized spacial score (nSPS) is 11.8. The predicted molar refractivity (Wildman–Crippen MR) is 140 cm³/mol. The monoisotopic (exact) mass is 488 g/mol. The van der Waals surface area contributed by atoms with Crippen LogP contribution in [-0.2, 0) is 25.4 Å².